The molecule has 180 valence electrons. The highest BCUT2D eigenvalue weighted by Gasteiger charge is 2.23. The third-order valence-corrected chi connectivity index (χ3v) is 6.51. The number of amides is 2. The Labute approximate surface area is 211 Å². The van der Waals surface area contributed by atoms with Gasteiger partial charge in [-0.15, -0.1) is 11.8 Å². The predicted molar refractivity (Wildman–Crippen MR) is 138 cm³/mol. The molecule has 0 aliphatic heterocycles. The van der Waals surface area contributed by atoms with Gasteiger partial charge in [0, 0.05) is 10.6 Å². The summed E-state index contributed by atoms with van der Waals surface area (Å²) in [6.07, 6.45) is 0. The molecule has 36 heavy (non-hydrogen) atoms. The van der Waals surface area contributed by atoms with Gasteiger partial charge in [0.05, 0.1) is 16.8 Å². The largest absolute Gasteiger partial charge is 0.478 e. The minimum Gasteiger partial charge on any atom is -0.478 e. The lowest BCUT2D eigenvalue weighted by molar-refractivity contribution is -0.115. The first kappa shape index (κ1) is 24.7. The highest BCUT2D eigenvalue weighted by Crippen LogP contribution is 2.37. The second kappa shape index (κ2) is 11.3. The first-order chi connectivity index (χ1) is 17.4. The maximum absolute atomic E-state index is 14.1. The number of carbonyl (C=O) groups is 3. The quantitative estimate of drug-likeness (QED) is 0.249. The van der Waals surface area contributed by atoms with Crippen LogP contribution in [0.25, 0.3) is 0 Å². The van der Waals surface area contributed by atoms with Crippen LogP contribution in [0.1, 0.15) is 31.5 Å². The van der Waals surface area contributed by atoms with Gasteiger partial charge in [-0.25, -0.2) is 9.18 Å². The van der Waals surface area contributed by atoms with Gasteiger partial charge in [-0.2, -0.15) is 0 Å². The number of carboxylic acids is 1. The molecule has 0 radical (unpaired) electrons. The predicted octanol–water partition coefficient (Wildman–Crippen LogP) is 6.25. The molecule has 4 rings (SSSR count). The molecule has 0 aliphatic rings. The van der Waals surface area contributed by atoms with Gasteiger partial charge in [-0.3, -0.25) is 9.59 Å². The third kappa shape index (κ3) is 5.97. The van der Waals surface area contributed by atoms with E-state index in [1.54, 1.807) is 48.5 Å². The number of rotatable bonds is 8. The van der Waals surface area contributed by atoms with E-state index in [1.807, 2.05) is 30.3 Å². The van der Waals surface area contributed by atoms with Crippen LogP contribution in [0.15, 0.2) is 108 Å². The molecule has 0 heterocycles. The van der Waals surface area contributed by atoms with Crippen molar-refractivity contribution in [1.29, 1.82) is 0 Å². The molecule has 0 fully saturated rings. The highest BCUT2D eigenvalue weighted by atomic mass is 32.2. The number of carboxylic acid groups (broad SMARTS) is 1. The smallest absolute Gasteiger partial charge is 0.336 e. The molecule has 0 aliphatic carbocycles. The molecular formula is C28H21FN2O4S. The van der Waals surface area contributed by atoms with E-state index < -0.39 is 22.9 Å². The molecule has 0 aromatic heterocycles. The average molecular weight is 501 g/mol. The summed E-state index contributed by atoms with van der Waals surface area (Å²) in [5.74, 6) is -2.63. The van der Waals surface area contributed by atoms with E-state index in [0.29, 0.717) is 5.69 Å². The Bertz CT molecular complexity index is 1390. The number of carbonyl (C=O) groups excluding carboxylic acids is 2. The molecule has 0 bridgehead atoms. The highest BCUT2D eigenvalue weighted by molar-refractivity contribution is 8.00. The molecule has 4 aromatic carbocycles. The molecule has 3 N–H and O–H groups in total. The first-order valence-electron chi connectivity index (χ1n) is 10.9. The van der Waals surface area contributed by atoms with Crippen LogP contribution in [0.2, 0.25) is 0 Å². The number of aromatic carboxylic acids is 1. The van der Waals surface area contributed by atoms with Crippen molar-refractivity contribution < 1.29 is 23.9 Å². The molecule has 1 atom stereocenters. The zero-order valence-corrected chi connectivity index (χ0v) is 19.7. The van der Waals surface area contributed by atoms with E-state index >= 15 is 0 Å². The Hall–Kier alpha value is -4.43. The molecule has 0 saturated heterocycles. The summed E-state index contributed by atoms with van der Waals surface area (Å²) in [7, 11) is 0. The van der Waals surface area contributed by atoms with Gasteiger partial charge in [0.1, 0.15) is 11.1 Å². The minimum absolute atomic E-state index is 0.0532. The van der Waals surface area contributed by atoms with E-state index in [4.69, 9.17) is 0 Å². The summed E-state index contributed by atoms with van der Waals surface area (Å²) in [5, 5.41) is 14.0. The Morgan fingerprint density at radius 1 is 0.722 bits per heavy atom. The molecular weight excluding hydrogens is 479 g/mol. The fourth-order valence-electron chi connectivity index (χ4n) is 3.48. The van der Waals surface area contributed by atoms with Crippen LogP contribution >= 0.6 is 11.8 Å². The summed E-state index contributed by atoms with van der Waals surface area (Å²) < 4.78 is 14.1. The average Bonchev–Trinajstić information content (AvgIpc) is 2.90. The summed E-state index contributed by atoms with van der Waals surface area (Å²) in [5.41, 5.74) is 1.28. The molecule has 0 spiro atoms. The minimum atomic E-state index is -1.19. The van der Waals surface area contributed by atoms with Crippen LogP contribution in [0.3, 0.4) is 0 Å². The van der Waals surface area contributed by atoms with Crippen molar-refractivity contribution in [1.82, 2.24) is 0 Å². The maximum atomic E-state index is 14.1. The number of anilines is 2. The second-order valence-corrected chi connectivity index (χ2v) is 8.89. The Morgan fingerprint density at radius 3 is 2.00 bits per heavy atom. The Balaban J connectivity index is 1.51. The molecule has 0 saturated carbocycles. The van der Waals surface area contributed by atoms with Crippen LogP contribution in [-0.2, 0) is 4.79 Å². The van der Waals surface area contributed by atoms with E-state index in [2.05, 4.69) is 10.6 Å². The number of halogens is 1. The third-order valence-electron chi connectivity index (χ3n) is 5.24. The number of benzene rings is 4. The number of hydrogen-bond acceptors (Lipinski definition) is 4. The van der Waals surface area contributed by atoms with Gasteiger partial charge in [-0.1, -0.05) is 54.6 Å². The van der Waals surface area contributed by atoms with Crippen molar-refractivity contribution in [3.63, 3.8) is 0 Å². The van der Waals surface area contributed by atoms with Crippen LogP contribution in [0.4, 0.5) is 15.8 Å². The summed E-state index contributed by atoms with van der Waals surface area (Å²) in [4.78, 5) is 37.9. The molecule has 6 nitrogen and oxygen atoms in total. The van der Waals surface area contributed by atoms with Gasteiger partial charge < -0.3 is 15.7 Å². The van der Waals surface area contributed by atoms with Crippen molar-refractivity contribution in [3.8, 4) is 0 Å². The topological polar surface area (TPSA) is 95.5 Å². The van der Waals surface area contributed by atoms with Crippen molar-refractivity contribution in [2.75, 3.05) is 10.6 Å². The van der Waals surface area contributed by atoms with Gasteiger partial charge >= 0.3 is 5.97 Å². The molecule has 8 heteroatoms. The van der Waals surface area contributed by atoms with Gasteiger partial charge in [-0.05, 0) is 54.1 Å². The van der Waals surface area contributed by atoms with E-state index in [9.17, 15) is 23.9 Å². The lowest BCUT2D eigenvalue weighted by atomic mass is 10.1. The normalized spacial score (nSPS) is 11.4. The number of para-hydroxylation sites is 1. The first-order valence-corrected chi connectivity index (χ1v) is 11.8. The van der Waals surface area contributed by atoms with Crippen molar-refractivity contribution >= 4 is 40.9 Å². The SMILES string of the molecule is O=C(O)c1ccccc1C(=O)Nc1ccc(SC(C(=O)Nc2ccccc2F)c2ccccc2)cc1. The van der Waals surface area contributed by atoms with Crippen LogP contribution in [0, 0.1) is 5.82 Å². The second-order valence-electron chi connectivity index (χ2n) is 7.71. The summed E-state index contributed by atoms with van der Waals surface area (Å²) in [6.45, 7) is 0. The standard InChI is InChI=1S/C28H21FN2O4S/c29-23-12-6-7-13-24(23)31-27(33)25(18-8-2-1-3-9-18)36-20-16-14-19(15-17-20)30-26(32)21-10-4-5-11-22(21)28(34)35/h1-17,25H,(H,30,32)(H,31,33)(H,34,35). The Kier molecular flexibility index (Phi) is 7.77. The zero-order chi connectivity index (χ0) is 25.5. The maximum Gasteiger partial charge on any atom is 0.336 e. The van der Waals surface area contributed by atoms with Gasteiger partial charge in [0.15, 0.2) is 0 Å². The summed E-state index contributed by atoms with van der Waals surface area (Å²) in [6, 6.07) is 27.9. The Morgan fingerprint density at radius 2 is 1.33 bits per heavy atom. The fourth-order valence-corrected chi connectivity index (χ4v) is 4.51. The van der Waals surface area contributed by atoms with E-state index in [0.717, 1.165) is 10.5 Å². The van der Waals surface area contributed by atoms with E-state index in [1.165, 1.54) is 36.0 Å². The summed E-state index contributed by atoms with van der Waals surface area (Å²) >= 11 is 1.28. The molecule has 1 unspecified atom stereocenters. The van der Waals surface area contributed by atoms with Crippen LogP contribution in [-0.4, -0.2) is 22.9 Å². The molecule has 2 amide bonds. The zero-order valence-electron chi connectivity index (χ0n) is 18.9. The lowest BCUT2D eigenvalue weighted by Gasteiger charge is -2.17. The van der Waals surface area contributed by atoms with Gasteiger partial charge in [0.25, 0.3) is 5.91 Å². The van der Waals surface area contributed by atoms with Gasteiger partial charge in [0.2, 0.25) is 5.91 Å². The van der Waals surface area contributed by atoms with E-state index in [-0.39, 0.29) is 22.7 Å². The van der Waals surface area contributed by atoms with Crippen molar-refractivity contribution in [3.05, 3.63) is 126 Å². The number of hydrogen-bond donors (Lipinski definition) is 3. The lowest BCUT2D eigenvalue weighted by Crippen LogP contribution is -2.19. The van der Waals surface area contributed by atoms with Crippen molar-refractivity contribution in [2.24, 2.45) is 0 Å². The van der Waals surface area contributed by atoms with Crippen LogP contribution in [0.5, 0.6) is 0 Å². The number of nitrogens with one attached hydrogen (secondary N) is 2. The number of thioether (sulfide) groups is 1. The molecule has 4 aromatic rings. The van der Waals surface area contributed by atoms with Crippen molar-refractivity contribution in [2.45, 2.75) is 10.1 Å². The monoisotopic (exact) mass is 500 g/mol. The fraction of sp³-hybridized carbons (Fsp3) is 0.0357. The van der Waals surface area contributed by atoms with Crippen LogP contribution < -0.4 is 10.6 Å².